The van der Waals surface area contributed by atoms with Gasteiger partial charge in [-0.05, 0) is 30.7 Å². The Morgan fingerprint density at radius 2 is 2.24 bits per heavy atom. The molecular weight excluding hydrogens is 254 g/mol. The van der Waals surface area contributed by atoms with Crippen LogP contribution in [0.5, 0.6) is 0 Å². The Hall–Kier alpha value is -0.220. The Labute approximate surface area is 113 Å². The van der Waals surface area contributed by atoms with Gasteiger partial charge < -0.3 is 10.1 Å². The molecule has 4 heteroatoms. The first-order valence-corrected chi connectivity index (χ1v) is 7.25. The molecule has 1 aromatic carbocycles. The first-order valence-electron chi connectivity index (χ1n) is 5.89. The molecular formula is C13H20ClNOS. The molecule has 1 aromatic rings. The number of ether oxygens (including phenoxy) is 1. The lowest BCUT2D eigenvalue weighted by molar-refractivity contribution is 0.200. The largest absolute Gasteiger partial charge is 0.385 e. The molecule has 0 aliphatic heterocycles. The fourth-order valence-electron chi connectivity index (χ4n) is 1.48. The number of nitrogens with one attached hydrogen (secondary N) is 1. The fourth-order valence-corrected chi connectivity index (χ4v) is 2.79. The van der Waals surface area contributed by atoms with Crippen LogP contribution in [-0.2, 0) is 11.3 Å². The predicted molar refractivity (Wildman–Crippen MR) is 76.0 cm³/mol. The van der Waals surface area contributed by atoms with Crippen LogP contribution >= 0.6 is 23.4 Å². The maximum atomic E-state index is 6.23. The highest BCUT2D eigenvalue weighted by Gasteiger charge is 2.06. The molecule has 2 nitrogen and oxygen atoms in total. The molecule has 0 radical (unpaired) electrons. The average molecular weight is 274 g/mol. The van der Waals surface area contributed by atoms with E-state index in [0.717, 1.165) is 36.9 Å². The predicted octanol–water partition coefficient (Wildman–Crippen LogP) is 3.58. The highest BCUT2D eigenvalue weighted by Crippen LogP contribution is 2.28. The van der Waals surface area contributed by atoms with E-state index in [-0.39, 0.29) is 0 Å². The highest BCUT2D eigenvalue weighted by atomic mass is 35.5. The molecule has 17 heavy (non-hydrogen) atoms. The summed E-state index contributed by atoms with van der Waals surface area (Å²) < 4.78 is 5.05. The summed E-state index contributed by atoms with van der Waals surface area (Å²) in [7, 11) is 1.74. The molecule has 0 saturated carbocycles. The molecule has 0 saturated heterocycles. The lowest BCUT2D eigenvalue weighted by Crippen LogP contribution is -2.12. The number of benzene rings is 1. The Bertz CT molecular complexity index is 333. The normalized spacial score (nSPS) is 10.8. The molecule has 0 aliphatic carbocycles. The van der Waals surface area contributed by atoms with Crippen molar-refractivity contribution < 1.29 is 4.74 Å². The van der Waals surface area contributed by atoms with Gasteiger partial charge in [-0.25, -0.2) is 0 Å². The van der Waals surface area contributed by atoms with Crippen molar-refractivity contribution in [1.82, 2.24) is 5.32 Å². The SMILES string of the molecule is CCNCc1c(Cl)cccc1SCCCOC. The van der Waals surface area contributed by atoms with Gasteiger partial charge in [-0.3, -0.25) is 0 Å². The minimum Gasteiger partial charge on any atom is -0.385 e. The van der Waals surface area contributed by atoms with Gasteiger partial charge in [0.2, 0.25) is 0 Å². The third-order valence-electron chi connectivity index (χ3n) is 2.38. The summed E-state index contributed by atoms with van der Waals surface area (Å²) in [5.74, 6) is 1.06. The lowest BCUT2D eigenvalue weighted by atomic mass is 10.2. The van der Waals surface area contributed by atoms with Crippen molar-refractivity contribution in [2.24, 2.45) is 0 Å². The van der Waals surface area contributed by atoms with Crippen LogP contribution in [-0.4, -0.2) is 26.0 Å². The molecule has 0 amide bonds. The number of halogens is 1. The molecule has 0 aromatic heterocycles. The monoisotopic (exact) mass is 273 g/mol. The van der Waals surface area contributed by atoms with Crippen molar-refractivity contribution in [2.75, 3.05) is 26.0 Å². The summed E-state index contributed by atoms with van der Waals surface area (Å²) in [6.45, 7) is 4.71. The first kappa shape index (κ1) is 14.8. The van der Waals surface area contributed by atoms with Gasteiger partial charge in [0.05, 0.1) is 0 Å². The molecule has 0 bridgehead atoms. The number of hydrogen-bond donors (Lipinski definition) is 1. The van der Waals surface area contributed by atoms with E-state index >= 15 is 0 Å². The van der Waals surface area contributed by atoms with Crippen LogP contribution in [0.2, 0.25) is 5.02 Å². The summed E-state index contributed by atoms with van der Waals surface area (Å²) >= 11 is 8.07. The minimum atomic E-state index is 0.816. The van der Waals surface area contributed by atoms with Crippen LogP contribution in [0.3, 0.4) is 0 Å². The molecule has 1 rings (SSSR count). The van der Waals surface area contributed by atoms with Gasteiger partial charge >= 0.3 is 0 Å². The molecule has 0 spiro atoms. The van der Waals surface area contributed by atoms with Gasteiger partial charge in [0.15, 0.2) is 0 Å². The standard InChI is InChI=1S/C13H20ClNOS/c1-3-15-10-11-12(14)6-4-7-13(11)17-9-5-8-16-2/h4,6-7,15H,3,5,8-10H2,1-2H3. The van der Waals surface area contributed by atoms with Gasteiger partial charge in [-0.15, -0.1) is 11.8 Å². The maximum absolute atomic E-state index is 6.23. The number of rotatable bonds is 8. The summed E-state index contributed by atoms with van der Waals surface area (Å²) in [5.41, 5.74) is 1.21. The number of thioether (sulfide) groups is 1. The van der Waals surface area contributed by atoms with E-state index < -0.39 is 0 Å². The second-order valence-electron chi connectivity index (χ2n) is 3.69. The topological polar surface area (TPSA) is 21.3 Å². The third-order valence-corrected chi connectivity index (χ3v) is 3.92. The van der Waals surface area contributed by atoms with Crippen LogP contribution in [0.1, 0.15) is 18.9 Å². The molecule has 96 valence electrons. The summed E-state index contributed by atoms with van der Waals surface area (Å²) in [6, 6.07) is 6.10. The maximum Gasteiger partial charge on any atom is 0.0470 e. The van der Waals surface area contributed by atoms with Crippen LogP contribution in [0.25, 0.3) is 0 Å². The van der Waals surface area contributed by atoms with Gasteiger partial charge in [0.25, 0.3) is 0 Å². The fraction of sp³-hybridized carbons (Fsp3) is 0.538. The first-order chi connectivity index (χ1) is 8.29. The number of methoxy groups -OCH3 is 1. The van der Waals surface area contributed by atoms with E-state index in [4.69, 9.17) is 16.3 Å². The lowest BCUT2D eigenvalue weighted by Gasteiger charge is -2.11. The zero-order valence-corrected chi connectivity index (χ0v) is 12.0. The molecule has 0 heterocycles. The summed E-state index contributed by atoms with van der Waals surface area (Å²) in [4.78, 5) is 1.27. The summed E-state index contributed by atoms with van der Waals surface area (Å²) in [5, 5.41) is 4.17. The van der Waals surface area contributed by atoms with E-state index in [1.807, 2.05) is 23.9 Å². The van der Waals surface area contributed by atoms with Crippen LogP contribution < -0.4 is 5.32 Å². The van der Waals surface area contributed by atoms with E-state index in [2.05, 4.69) is 18.3 Å². The van der Waals surface area contributed by atoms with E-state index in [1.165, 1.54) is 10.5 Å². The van der Waals surface area contributed by atoms with E-state index in [9.17, 15) is 0 Å². The Kier molecular flexibility index (Phi) is 7.69. The van der Waals surface area contributed by atoms with Gasteiger partial charge in [0, 0.05) is 35.9 Å². The van der Waals surface area contributed by atoms with Crippen molar-refractivity contribution in [1.29, 1.82) is 0 Å². The van der Waals surface area contributed by atoms with Gasteiger partial charge in [-0.2, -0.15) is 0 Å². The van der Waals surface area contributed by atoms with Crippen LogP contribution in [0.15, 0.2) is 23.1 Å². The van der Waals surface area contributed by atoms with E-state index in [1.54, 1.807) is 7.11 Å². The van der Waals surface area contributed by atoms with Crippen molar-refractivity contribution in [3.05, 3.63) is 28.8 Å². The molecule has 0 atom stereocenters. The van der Waals surface area contributed by atoms with Gasteiger partial charge in [0.1, 0.15) is 0 Å². The number of hydrogen-bond acceptors (Lipinski definition) is 3. The smallest absolute Gasteiger partial charge is 0.0470 e. The molecule has 0 fully saturated rings. The van der Waals surface area contributed by atoms with Crippen molar-refractivity contribution >= 4 is 23.4 Å². The van der Waals surface area contributed by atoms with Crippen molar-refractivity contribution in [3.8, 4) is 0 Å². The van der Waals surface area contributed by atoms with Gasteiger partial charge in [-0.1, -0.05) is 24.6 Å². The zero-order chi connectivity index (χ0) is 12.5. The average Bonchev–Trinajstić information content (AvgIpc) is 2.34. The second kappa shape index (κ2) is 8.81. The van der Waals surface area contributed by atoms with Crippen molar-refractivity contribution in [3.63, 3.8) is 0 Å². The van der Waals surface area contributed by atoms with Crippen molar-refractivity contribution in [2.45, 2.75) is 24.8 Å². The zero-order valence-electron chi connectivity index (χ0n) is 10.5. The molecule has 1 N–H and O–H groups in total. The Balaban J connectivity index is 2.59. The molecule has 0 aliphatic rings. The van der Waals surface area contributed by atoms with Crippen LogP contribution in [0, 0.1) is 0 Å². The highest BCUT2D eigenvalue weighted by molar-refractivity contribution is 7.99. The summed E-state index contributed by atoms with van der Waals surface area (Å²) in [6.07, 6.45) is 1.06. The third kappa shape index (κ3) is 5.30. The van der Waals surface area contributed by atoms with Crippen LogP contribution in [0.4, 0.5) is 0 Å². The quantitative estimate of drug-likeness (QED) is 0.578. The minimum absolute atomic E-state index is 0.816. The Morgan fingerprint density at radius 1 is 1.41 bits per heavy atom. The second-order valence-corrected chi connectivity index (χ2v) is 5.24. The molecule has 0 unspecified atom stereocenters. The Morgan fingerprint density at radius 3 is 2.94 bits per heavy atom. The van der Waals surface area contributed by atoms with E-state index in [0.29, 0.717) is 0 Å².